The van der Waals surface area contributed by atoms with Crippen LogP contribution in [0.2, 0.25) is 0 Å². The normalized spacial score (nSPS) is 14.9. The van der Waals surface area contributed by atoms with Crippen molar-refractivity contribution in [1.29, 1.82) is 0 Å². The van der Waals surface area contributed by atoms with Crippen molar-refractivity contribution in [3.05, 3.63) is 63.4 Å². The van der Waals surface area contributed by atoms with E-state index in [1.165, 1.54) is 17.4 Å². The quantitative estimate of drug-likeness (QED) is 0.268. The summed E-state index contributed by atoms with van der Waals surface area (Å²) in [6.45, 7) is 4.81. The minimum Gasteiger partial charge on any atom is -0.481 e. The molecule has 33 heavy (non-hydrogen) atoms. The highest BCUT2D eigenvalue weighted by Gasteiger charge is 2.35. The molecule has 0 saturated heterocycles. The Labute approximate surface area is 195 Å². The van der Waals surface area contributed by atoms with Gasteiger partial charge in [-0.15, -0.1) is 11.3 Å². The molecule has 1 fully saturated rings. The molecular formula is C24H29F3N2O3S. The lowest BCUT2D eigenvalue weighted by molar-refractivity contribution is -0.139. The molecule has 1 heterocycles. The molecule has 0 radical (unpaired) electrons. The van der Waals surface area contributed by atoms with Crippen molar-refractivity contribution < 1.29 is 27.9 Å². The average Bonchev–Trinajstić information content (AvgIpc) is 3.26. The number of hydrogen-bond acceptors (Lipinski definition) is 5. The number of carboxylic acid groups (broad SMARTS) is 1. The third-order valence-electron chi connectivity index (χ3n) is 5.68. The van der Waals surface area contributed by atoms with E-state index in [0.717, 1.165) is 41.9 Å². The standard InChI is InChI=1S/C24H29F3N2O3S/c1-16(22-10-8-19(33-22)14-28-12-11-23(30)31)29-32-15-17-7-9-20(18-5-3-2-4-6-18)21(13-17)24(25,26)27/h7-10,13,18,28-29H,1-6,11-12,14-15H2,(H,30,31). The second-order valence-corrected chi connectivity index (χ2v) is 9.38. The number of carboxylic acids is 1. The van der Waals surface area contributed by atoms with Crippen LogP contribution in [0.3, 0.4) is 0 Å². The topological polar surface area (TPSA) is 70.6 Å². The van der Waals surface area contributed by atoms with Gasteiger partial charge in [-0.1, -0.05) is 38.0 Å². The molecule has 0 atom stereocenters. The van der Waals surface area contributed by atoms with Crippen LogP contribution >= 0.6 is 11.3 Å². The zero-order valence-electron chi connectivity index (χ0n) is 18.3. The Bertz CT molecular complexity index is 953. The van der Waals surface area contributed by atoms with Crippen LogP contribution in [0.25, 0.3) is 5.70 Å². The third-order valence-corrected chi connectivity index (χ3v) is 6.82. The Kier molecular flexibility index (Phi) is 8.94. The largest absolute Gasteiger partial charge is 0.481 e. The van der Waals surface area contributed by atoms with Gasteiger partial charge in [0.25, 0.3) is 0 Å². The van der Waals surface area contributed by atoms with Crippen molar-refractivity contribution in [1.82, 2.24) is 10.8 Å². The van der Waals surface area contributed by atoms with E-state index in [4.69, 9.17) is 9.94 Å². The second-order valence-electron chi connectivity index (χ2n) is 8.21. The minimum absolute atomic E-state index is 0.0258. The van der Waals surface area contributed by atoms with Gasteiger partial charge in [0.2, 0.25) is 0 Å². The van der Waals surface area contributed by atoms with Crippen molar-refractivity contribution in [2.24, 2.45) is 0 Å². The molecule has 3 rings (SSSR count). The summed E-state index contributed by atoms with van der Waals surface area (Å²) in [4.78, 5) is 17.8. The van der Waals surface area contributed by atoms with Crippen LogP contribution in [-0.4, -0.2) is 17.6 Å². The highest BCUT2D eigenvalue weighted by molar-refractivity contribution is 7.13. The minimum atomic E-state index is -4.40. The summed E-state index contributed by atoms with van der Waals surface area (Å²) >= 11 is 1.47. The maximum atomic E-state index is 13.7. The molecule has 0 bridgehead atoms. The maximum Gasteiger partial charge on any atom is 0.416 e. The lowest BCUT2D eigenvalue weighted by atomic mass is 9.81. The second kappa shape index (κ2) is 11.7. The molecular weight excluding hydrogens is 453 g/mol. The summed E-state index contributed by atoms with van der Waals surface area (Å²) in [5.74, 6) is -0.884. The highest BCUT2D eigenvalue weighted by atomic mass is 32.1. The van der Waals surface area contributed by atoms with Crippen molar-refractivity contribution in [2.75, 3.05) is 6.54 Å². The Morgan fingerprint density at radius 2 is 1.94 bits per heavy atom. The zero-order chi connectivity index (χ0) is 23.8. The van der Waals surface area contributed by atoms with E-state index in [9.17, 15) is 18.0 Å². The molecule has 0 spiro atoms. The summed E-state index contributed by atoms with van der Waals surface area (Å²) in [7, 11) is 0. The van der Waals surface area contributed by atoms with Crippen molar-refractivity contribution >= 4 is 23.0 Å². The molecule has 0 aliphatic heterocycles. The first-order chi connectivity index (χ1) is 15.7. The number of benzene rings is 1. The fourth-order valence-corrected chi connectivity index (χ4v) is 4.90. The molecule has 0 amide bonds. The van der Waals surface area contributed by atoms with Gasteiger partial charge in [-0.25, -0.2) is 0 Å². The smallest absolute Gasteiger partial charge is 0.416 e. The van der Waals surface area contributed by atoms with Gasteiger partial charge in [-0.2, -0.15) is 13.2 Å². The lowest BCUT2D eigenvalue weighted by Crippen LogP contribution is -2.16. The predicted octanol–water partition coefficient (Wildman–Crippen LogP) is 6.07. The van der Waals surface area contributed by atoms with Crippen molar-refractivity contribution in [3.63, 3.8) is 0 Å². The predicted molar refractivity (Wildman–Crippen MR) is 123 cm³/mol. The average molecular weight is 483 g/mol. The third kappa shape index (κ3) is 7.58. The van der Waals surface area contributed by atoms with Crippen LogP contribution in [0.4, 0.5) is 13.2 Å². The van der Waals surface area contributed by atoms with E-state index in [0.29, 0.717) is 29.9 Å². The number of hydroxylamine groups is 1. The number of alkyl halides is 3. The van der Waals surface area contributed by atoms with Gasteiger partial charge in [-0.3, -0.25) is 15.1 Å². The number of nitrogens with one attached hydrogen (secondary N) is 2. The van der Waals surface area contributed by atoms with Crippen LogP contribution in [0.1, 0.15) is 70.9 Å². The van der Waals surface area contributed by atoms with Gasteiger partial charge < -0.3 is 10.4 Å². The van der Waals surface area contributed by atoms with Crippen molar-refractivity contribution in [2.45, 2.75) is 63.8 Å². The first kappa shape index (κ1) is 25.3. The Hall–Kier alpha value is -2.36. The van der Waals surface area contributed by atoms with E-state index in [1.54, 1.807) is 12.1 Å². The van der Waals surface area contributed by atoms with Gasteiger partial charge in [0.15, 0.2) is 0 Å². The Morgan fingerprint density at radius 3 is 2.64 bits per heavy atom. The summed E-state index contributed by atoms with van der Waals surface area (Å²) in [6, 6.07) is 8.27. The summed E-state index contributed by atoms with van der Waals surface area (Å²) < 4.78 is 41.1. The van der Waals surface area contributed by atoms with Gasteiger partial charge in [0, 0.05) is 18.0 Å². The van der Waals surface area contributed by atoms with Gasteiger partial charge in [0.05, 0.1) is 29.2 Å². The van der Waals surface area contributed by atoms with E-state index in [2.05, 4.69) is 17.4 Å². The molecule has 2 aromatic rings. The first-order valence-corrected chi connectivity index (χ1v) is 11.8. The summed E-state index contributed by atoms with van der Waals surface area (Å²) in [5.41, 5.74) is 3.50. The molecule has 1 aliphatic rings. The van der Waals surface area contributed by atoms with Crippen LogP contribution in [0, 0.1) is 0 Å². The molecule has 0 unspecified atom stereocenters. The zero-order valence-corrected chi connectivity index (χ0v) is 19.2. The van der Waals surface area contributed by atoms with Crippen LogP contribution in [-0.2, 0) is 29.0 Å². The SMILES string of the molecule is C=C(NOCc1ccc(C2CCCCC2)c(C(F)(F)F)c1)c1ccc(CNCCC(=O)O)s1. The van der Waals surface area contributed by atoms with Crippen LogP contribution in [0.5, 0.6) is 0 Å². The van der Waals surface area contributed by atoms with E-state index < -0.39 is 17.7 Å². The molecule has 3 N–H and O–H groups in total. The van der Waals surface area contributed by atoms with Crippen LogP contribution in [0.15, 0.2) is 36.9 Å². The van der Waals surface area contributed by atoms with E-state index >= 15 is 0 Å². The number of carbonyl (C=O) groups is 1. The number of hydrogen-bond donors (Lipinski definition) is 3. The number of thiophene rings is 1. The Balaban J connectivity index is 1.53. The molecule has 1 aromatic carbocycles. The fraction of sp³-hybridized carbons (Fsp3) is 0.458. The van der Waals surface area contributed by atoms with Crippen molar-refractivity contribution in [3.8, 4) is 0 Å². The summed E-state index contributed by atoms with van der Waals surface area (Å²) in [5, 5.41) is 11.7. The molecule has 9 heteroatoms. The monoisotopic (exact) mass is 482 g/mol. The fourth-order valence-electron chi connectivity index (χ4n) is 4.01. The first-order valence-electron chi connectivity index (χ1n) is 11.0. The molecule has 1 saturated carbocycles. The van der Waals surface area contributed by atoms with Crippen LogP contribution < -0.4 is 10.8 Å². The number of rotatable bonds is 11. The number of aliphatic carboxylic acids is 1. The molecule has 180 valence electrons. The maximum absolute atomic E-state index is 13.7. The molecule has 5 nitrogen and oxygen atoms in total. The Morgan fingerprint density at radius 1 is 1.18 bits per heavy atom. The number of halogens is 3. The van der Waals surface area contributed by atoms with E-state index in [1.807, 2.05) is 12.1 Å². The van der Waals surface area contributed by atoms with Gasteiger partial charge >= 0.3 is 12.1 Å². The highest BCUT2D eigenvalue weighted by Crippen LogP contribution is 2.41. The summed E-state index contributed by atoms with van der Waals surface area (Å²) in [6.07, 6.45) is 0.301. The lowest BCUT2D eigenvalue weighted by Gasteiger charge is -2.25. The van der Waals surface area contributed by atoms with Gasteiger partial charge in [-0.05, 0) is 48.1 Å². The van der Waals surface area contributed by atoms with E-state index in [-0.39, 0.29) is 18.9 Å². The molecule has 1 aliphatic carbocycles. The molecule has 1 aromatic heterocycles. The van der Waals surface area contributed by atoms with Gasteiger partial charge in [0.1, 0.15) is 0 Å².